The van der Waals surface area contributed by atoms with Gasteiger partial charge in [-0.2, -0.15) is 0 Å². The van der Waals surface area contributed by atoms with Crippen molar-refractivity contribution in [2.75, 3.05) is 6.61 Å². The van der Waals surface area contributed by atoms with Crippen molar-refractivity contribution in [1.82, 2.24) is 0 Å². The Morgan fingerprint density at radius 1 is 1.64 bits per heavy atom. The van der Waals surface area contributed by atoms with Gasteiger partial charge in [-0.1, -0.05) is 6.58 Å². The number of hydrogen-bond donors (Lipinski definition) is 1. The lowest BCUT2D eigenvalue weighted by Crippen LogP contribution is -2.38. The third-order valence-corrected chi connectivity index (χ3v) is 0.924. The van der Waals surface area contributed by atoms with Crippen molar-refractivity contribution in [3.63, 3.8) is 0 Å². The van der Waals surface area contributed by atoms with Crippen LogP contribution in [-0.2, 0) is 9.53 Å². The molecule has 0 aromatic heterocycles. The average molecular weight is 157 g/mol. The maximum Gasteiger partial charge on any atom is 0.333 e. The highest BCUT2D eigenvalue weighted by molar-refractivity contribution is 5.86. The Hall–Kier alpha value is -0.830. The van der Waals surface area contributed by atoms with Gasteiger partial charge < -0.3 is 10.5 Å². The second-order valence-electron chi connectivity index (χ2n) is 3.35. The summed E-state index contributed by atoms with van der Waals surface area (Å²) in [6.07, 6.45) is 0. The van der Waals surface area contributed by atoms with Crippen molar-refractivity contribution in [3.05, 3.63) is 12.2 Å². The van der Waals surface area contributed by atoms with Crippen molar-refractivity contribution in [2.24, 2.45) is 5.73 Å². The lowest BCUT2D eigenvalue weighted by Gasteiger charge is -2.17. The quantitative estimate of drug-likeness (QED) is 0.488. The molecule has 0 heterocycles. The molecule has 0 fully saturated rings. The Morgan fingerprint density at radius 2 is 2.09 bits per heavy atom. The SMILES string of the molecule is C=C(C)C(=O)OCC(C)(C)N. The van der Waals surface area contributed by atoms with E-state index in [1.165, 1.54) is 0 Å². The summed E-state index contributed by atoms with van der Waals surface area (Å²) >= 11 is 0. The Bertz CT molecular complexity index is 167. The molecule has 0 aromatic rings. The first-order valence-electron chi connectivity index (χ1n) is 3.44. The van der Waals surface area contributed by atoms with Crippen molar-refractivity contribution in [1.29, 1.82) is 0 Å². The monoisotopic (exact) mass is 157 g/mol. The molecule has 0 atom stereocenters. The summed E-state index contributed by atoms with van der Waals surface area (Å²) in [7, 11) is 0. The summed E-state index contributed by atoms with van der Waals surface area (Å²) in [5.41, 5.74) is 5.51. The van der Waals surface area contributed by atoms with Gasteiger partial charge in [0.05, 0.1) is 0 Å². The van der Waals surface area contributed by atoms with Crippen LogP contribution in [0, 0.1) is 0 Å². The summed E-state index contributed by atoms with van der Waals surface area (Å²) in [6.45, 7) is 8.85. The van der Waals surface area contributed by atoms with Crippen LogP contribution in [0.1, 0.15) is 20.8 Å². The number of ether oxygens (including phenoxy) is 1. The Balaban J connectivity index is 3.73. The minimum Gasteiger partial charge on any atom is -0.460 e. The summed E-state index contributed by atoms with van der Waals surface area (Å²) < 4.78 is 4.80. The van der Waals surface area contributed by atoms with E-state index in [1.54, 1.807) is 20.8 Å². The highest BCUT2D eigenvalue weighted by atomic mass is 16.5. The molecular weight excluding hydrogens is 142 g/mol. The lowest BCUT2D eigenvalue weighted by atomic mass is 10.1. The molecule has 0 amide bonds. The smallest absolute Gasteiger partial charge is 0.333 e. The summed E-state index contributed by atoms with van der Waals surface area (Å²) in [5.74, 6) is -0.386. The van der Waals surface area contributed by atoms with E-state index in [0.29, 0.717) is 5.57 Å². The maximum absolute atomic E-state index is 10.8. The van der Waals surface area contributed by atoms with Crippen LogP contribution in [0.25, 0.3) is 0 Å². The highest BCUT2D eigenvalue weighted by Gasteiger charge is 2.13. The molecular formula is C8H15NO2. The van der Waals surface area contributed by atoms with Gasteiger partial charge in [-0.3, -0.25) is 0 Å². The molecule has 0 spiro atoms. The van der Waals surface area contributed by atoms with Crippen molar-refractivity contribution in [2.45, 2.75) is 26.3 Å². The van der Waals surface area contributed by atoms with Gasteiger partial charge in [0.15, 0.2) is 0 Å². The first-order chi connectivity index (χ1) is 4.83. The van der Waals surface area contributed by atoms with Gasteiger partial charge in [-0.25, -0.2) is 4.79 Å². The molecule has 0 aromatic carbocycles. The van der Waals surface area contributed by atoms with Gasteiger partial charge in [-0.15, -0.1) is 0 Å². The zero-order valence-electron chi connectivity index (χ0n) is 7.31. The zero-order chi connectivity index (χ0) is 9.07. The molecule has 64 valence electrons. The van der Waals surface area contributed by atoms with Gasteiger partial charge in [0.1, 0.15) is 6.61 Å². The van der Waals surface area contributed by atoms with Crippen LogP contribution >= 0.6 is 0 Å². The number of esters is 1. The molecule has 0 radical (unpaired) electrons. The number of hydrogen-bond acceptors (Lipinski definition) is 3. The van der Waals surface area contributed by atoms with Crippen molar-refractivity contribution >= 4 is 5.97 Å². The first-order valence-corrected chi connectivity index (χ1v) is 3.44. The minimum absolute atomic E-state index is 0.221. The maximum atomic E-state index is 10.8. The van der Waals surface area contributed by atoms with Gasteiger partial charge in [0.2, 0.25) is 0 Å². The van der Waals surface area contributed by atoms with Crippen LogP contribution in [-0.4, -0.2) is 18.1 Å². The van der Waals surface area contributed by atoms with Crippen LogP contribution in [0.4, 0.5) is 0 Å². The van der Waals surface area contributed by atoms with Crippen LogP contribution in [0.3, 0.4) is 0 Å². The van der Waals surface area contributed by atoms with Crippen molar-refractivity contribution < 1.29 is 9.53 Å². The summed E-state index contributed by atoms with van der Waals surface area (Å²) in [6, 6.07) is 0. The standard InChI is InChI=1S/C8H15NO2/c1-6(2)7(10)11-5-8(3,4)9/h1,5,9H2,2-4H3. The first kappa shape index (κ1) is 10.2. The van der Waals surface area contributed by atoms with Crippen LogP contribution < -0.4 is 5.73 Å². The lowest BCUT2D eigenvalue weighted by molar-refractivity contribution is -0.140. The summed E-state index contributed by atoms with van der Waals surface area (Å²) in [5, 5.41) is 0. The molecule has 3 heteroatoms. The number of nitrogens with two attached hydrogens (primary N) is 1. The number of carbonyl (C=O) groups is 1. The third kappa shape index (κ3) is 5.61. The largest absolute Gasteiger partial charge is 0.460 e. The van der Waals surface area contributed by atoms with E-state index in [1.807, 2.05) is 0 Å². The fraction of sp³-hybridized carbons (Fsp3) is 0.625. The fourth-order valence-corrected chi connectivity index (χ4v) is 0.375. The Labute approximate surface area is 67.2 Å². The van der Waals surface area contributed by atoms with Crippen molar-refractivity contribution in [3.8, 4) is 0 Å². The Morgan fingerprint density at radius 3 is 2.36 bits per heavy atom. The summed E-state index contributed by atoms with van der Waals surface area (Å²) in [4.78, 5) is 10.8. The van der Waals surface area contributed by atoms with E-state index in [9.17, 15) is 4.79 Å². The Kier molecular flexibility index (Phi) is 3.26. The van der Waals surface area contributed by atoms with Gasteiger partial charge >= 0.3 is 5.97 Å². The van der Waals surface area contributed by atoms with Crippen LogP contribution in [0.5, 0.6) is 0 Å². The molecule has 3 nitrogen and oxygen atoms in total. The molecule has 0 aliphatic carbocycles. The van der Waals surface area contributed by atoms with E-state index in [-0.39, 0.29) is 12.6 Å². The molecule has 0 aliphatic rings. The number of rotatable bonds is 3. The fourth-order valence-electron chi connectivity index (χ4n) is 0.375. The predicted molar refractivity (Wildman–Crippen MR) is 44.0 cm³/mol. The molecule has 0 rings (SSSR count). The zero-order valence-corrected chi connectivity index (χ0v) is 7.31. The van der Waals surface area contributed by atoms with E-state index >= 15 is 0 Å². The molecule has 0 bridgehead atoms. The van der Waals surface area contributed by atoms with Crippen LogP contribution in [0.15, 0.2) is 12.2 Å². The molecule has 0 aliphatic heterocycles. The number of carbonyl (C=O) groups excluding carboxylic acids is 1. The van der Waals surface area contributed by atoms with Gasteiger partial charge in [0.25, 0.3) is 0 Å². The van der Waals surface area contributed by atoms with Gasteiger partial charge in [-0.05, 0) is 20.8 Å². The van der Waals surface area contributed by atoms with E-state index < -0.39 is 5.54 Å². The van der Waals surface area contributed by atoms with Crippen LogP contribution in [0.2, 0.25) is 0 Å². The van der Waals surface area contributed by atoms with E-state index in [2.05, 4.69) is 6.58 Å². The highest BCUT2D eigenvalue weighted by Crippen LogP contribution is 1.99. The van der Waals surface area contributed by atoms with E-state index in [4.69, 9.17) is 10.5 Å². The molecule has 0 saturated carbocycles. The molecule has 11 heavy (non-hydrogen) atoms. The predicted octanol–water partition coefficient (Wildman–Crippen LogP) is 0.843. The molecule has 2 N–H and O–H groups in total. The molecule has 0 saturated heterocycles. The third-order valence-electron chi connectivity index (χ3n) is 0.924. The topological polar surface area (TPSA) is 52.3 Å². The minimum atomic E-state index is -0.467. The second kappa shape index (κ2) is 3.53. The second-order valence-corrected chi connectivity index (χ2v) is 3.35. The molecule has 0 unspecified atom stereocenters. The van der Waals surface area contributed by atoms with Gasteiger partial charge in [0, 0.05) is 11.1 Å². The van der Waals surface area contributed by atoms with E-state index in [0.717, 1.165) is 0 Å². The average Bonchev–Trinajstić information content (AvgIpc) is 1.80. The normalized spacial score (nSPS) is 10.9.